The molecule has 3 amide bonds. The van der Waals surface area contributed by atoms with Gasteiger partial charge in [-0.1, -0.05) is 6.07 Å². The topological polar surface area (TPSA) is 101 Å². The van der Waals surface area contributed by atoms with Crippen LogP contribution in [0.15, 0.2) is 28.7 Å². The Hall–Kier alpha value is -3.13. The number of ether oxygens (including phenoxy) is 1. The summed E-state index contributed by atoms with van der Waals surface area (Å²) < 4.78 is 11.3. The monoisotopic (exact) mass is 395 g/mol. The number of imide groups is 1. The first-order valence-electron chi connectivity index (χ1n) is 9.63. The number of fused-ring (bicyclic) bond motifs is 2. The number of carbonyl (C=O) groups is 3. The van der Waals surface area contributed by atoms with Gasteiger partial charge in [0.25, 0.3) is 5.91 Å². The van der Waals surface area contributed by atoms with E-state index in [-0.39, 0.29) is 24.8 Å². The lowest BCUT2D eigenvalue weighted by Gasteiger charge is -2.28. The third kappa shape index (κ3) is 2.74. The van der Waals surface area contributed by atoms with Gasteiger partial charge in [-0.3, -0.25) is 19.7 Å². The first kappa shape index (κ1) is 17.9. The Morgan fingerprint density at radius 3 is 2.79 bits per heavy atom. The van der Waals surface area contributed by atoms with Crippen LogP contribution in [0.3, 0.4) is 0 Å². The number of nitrogens with one attached hydrogen (secondary N) is 2. The van der Waals surface area contributed by atoms with Crippen LogP contribution >= 0.6 is 0 Å². The molecule has 5 rings (SSSR count). The third-order valence-corrected chi connectivity index (χ3v) is 6.03. The molecule has 1 atom stereocenters. The highest BCUT2D eigenvalue weighted by molar-refractivity contribution is 6.09. The number of benzene rings is 1. The van der Waals surface area contributed by atoms with Crippen molar-refractivity contribution in [3.63, 3.8) is 0 Å². The SMILES string of the molecule is COc1ccc2c(c1)C(=O)N(C[C@@]1(c3cc4c(o3)CNCC4)CC(=O)NC1=O)C2. The van der Waals surface area contributed by atoms with E-state index in [0.717, 1.165) is 29.9 Å². The molecule has 8 heteroatoms. The molecular weight excluding hydrogens is 374 g/mol. The average molecular weight is 395 g/mol. The standard InChI is InChI=1S/C21H21N3O5/c1-28-14-3-2-13-10-24(19(26)15(13)7-14)11-21(8-18(25)23-20(21)27)17-6-12-4-5-22-9-16(12)29-17/h2-3,6-7,22H,4-5,8-11H2,1H3,(H,23,25,27)/t21-/m1/s1. The van der Waals surface area contributed by atoms with Gasteiger partial charge in [0.05, 0.1) is 20.1 Å². The number of methoxy groups -OCH3 is 1. The summed E-state index contributed by atoms with van der Waals surface area (Å²) in [6.07, 6.45) is 0.771. The minimum Gasteiger partial charge on any atom is -0.497 e. The van der Waals surface area contributed by atoms with Crippen LogP contribution in [0.1, 0.15) is 39.4 Å². The molecule has 150 valence electrons. The Bertz CT molecular complexity index is 1020. The van der Waals surface area contributed by atoms with Gasteiger partial charge in [0.15, 0.2) is 0 Å². The summed E-state index contributed by atoms with van der Waals surface area (Å²) >= 11 is 0. The predicted molar refractivity (Wildman–Crippen MR) is 101 cm³/mol. The van der Waals surface area contributed by atoms with Crippen LogP contribution < -0.4 is 15.4 Å². The van der Waals surface area contributed by atoms with Gasteiger partial charge >= 0.3 is 0 Å². The number of rotatable bonds is 4. The third-order valence-electron chi connectivity index (χ3n) is 6.03. The molecule has 29 heavy (non-hydrogen) atoms. The maximum absolute atomic E-state index is 13.0. The lowest BCUT2D eigenvalue weighted by molar-refractivity contribution is -0.127. The summed E-state index contributed by atoms with van der Waals surface area (Å²) in [5.41, 5.74) is 1.27. The molecule has 0 aliphatic carbocycles. The van der Waals surface area contributed by atoms with Gasteiger partial charge in [-0.05, 0) is 42.3 Å². The molecule has 0 unspecified atom stereocenters. The summed E-state index contributed by atoms with van der Waals surface area (Å²) in [6.45, 7) is 1.89. The van der Waals surface area contributed by atoms with Crippen molar-refractivity contribution < 1.29 is 23.5 Å². The van der Waals surface area contributed by atoms with Gasteiger partial charge < -0.3 is 19.4 Å². The fourth-order valence-corrected chi connectivity index (χ4v) is 4.46. The van der Waals surface area contributed by atoms with Gasteiger partial charge in [0, 0.05) is 18.7 Å². The van der Waals surface area contributed by atoms with Crippen molar-refractivity contribution in [2.75, 3.05) is 20.2 Å². The van der Waals surface area contributed by atoms with Gasteiger partial charge in [-0.15, -0.1) is 0 Å². The summed E-state index contributed by atoms with van der Waals surface area (Å²) in [4.78, 5) is 39.7. The highest BCUT2D eigenvalue weighted by atomic mass is 16.5. The minimum atomic E-state index is -1.21. The summed E-state index contributed by atoms with van der Waals surface area (Å²) in [6, 6.07) is 7.26. The minimum absolute atomic E-state index is 0.0326. The number of carbonyl (C=O) groups excluding carboxylic acids is 3. The molecule has 0 saturated carbocycles. The highest BCUT2D eigenvalue weighted by Crippen LogP contribution is 2.39. The van der Waals surface area contributed by atoms with Gasteiger partial charge in [-0.2, -0.15) is 0 Å². The molecule has 1 aromatic heterocycles. The van der Waals surface area contributed by atoms with E-state index in [1.165, 1.54) is 0 Å². The van der Waals surface area contributed by atoms with Crippen LogP contribution in [0, 0.1) is 0 Å². The zero-order valence-corrected chi connectivity index (χ0v) is 16.0. The fraction of sp³-hybridized carbons (Fsp3) is 0.381. The maximum Gasteiger partial charge on any atom is 0.254 e. The van der Waals surface area contributed by atoms with Gasteiger partial charge in [-0.25, -0.2) is 0 Å². The molecule has 1 saturated heterocycles. The zero-order valence-electron chi connectivity index (χ0n) is 16.0. The molecular formula is C21H21N3O5. The molecule has 2 aromatic rings. The van der Waals surface area contributed by atoms with E-state index in [0.29, 0.717) is 30.2 Å². The molecule has 3 aliphatic rings. The highest BCUT2D eigenvalue weighted by Gasteiger charge is 2.53. The molecule has 8 nitrogen and oxygen atoms in total. The van der Waals surface area contributed by atoms with Crippen LogP contribution in [0.25, 0.3) is 0 Å². The van der Waals surface area contributed by atoms with Crippen molar-refractivity contribution in [3.8, 4) is 5.75 Å². The Kier molecular flexibility index (Phi) is 3.99. The molecule has 1 aromatic carbocycles. The lowest BCUT2D eigenvalue weighted by atomic mass is 9.82. The smallest absolute Gasteiger partial charge is 0.254 e. The number of hydrogen-bond donors (Lipinski definition) is 2. The molecule has 2 N–H and O–H groups in total. The Morgan fingerprint density at radius 1 is 1.21 bits per heavy atom. The van der Waals surface area contributed by atoms with Crippen LogP contribution in [-0.2, 0) is 34.5 Å². The zero-order chi connectivity index (χ0) is 20.2. The van der Waals surface area contributed by atoms with Crippen LogP contribution in [0.2, 0.25) is 0 Å². The molecule has 0 bridgehead atoms. The fourth-order valence-electron chi connectivity index (χ4n) is 4.46. The van der Waals surface area contributed by atoms with Gasteiger partial charge in [0.2, 0.25) is 11.8 Å². The van der Waals surface area contributed by atoms with Crippen LogP contribution in [0.4, 0.5) is 0 Å². The second kappa shape index (κ2) is 6.45. The number of furan rings is 1. The quantitative estimate of drug-likeness (QED) is 0.746. The van der Waals surface area contributed by atoms with Crippen molar-refractivity contribution in [1.29, 1.82) is 0 Å². The molecule has 3 aliphatic heterocycles. The van der Waals surface area contributed by atoms with Crippen molar-refractivity contribution >= 4 is 17.7 Å². The first-order valence-corrected chi connectivity index (χ1v) is 9.63. The van der Waals surface area contributed by atoms with Crippen molar-refractivity contribution in [3.05, 3.63) is 52.5 Å². The summed E-state index contributed by atoms with van der Waals surface area (Å²) in [5, 5.41) is 5.65. The average Bonchev–Trinajstić information content (AvgIpc) is 3.36. The largest absolute Gasteiger partial charge is 0.497 e. The van der Waals surface area contributed by atoms with E-state index in [4.69, 9.17) is 9.15 Å². The Labute approximate surface area is 167 Å². The van der Waals surface area contributed by atoms with Crippen molar-refractivity contribution in [2.24, 2.45) is 0 Å². The van der Waals surface area contributed by atoms with E-state index in [1.54, 1.807) is 18.1 Å². The summed E-state index contributed by atoms with van der Waals surface area (Å²) in [7, 11) is 1.55. The van der Waals surface area contributed by atoms with Crippen molar-refractivity contribution in [1.82, 2.24) is 15.5 Å². The second-order valence-electron chi connectivity index (χ2n) is 7.81. The second-order valence-corrected chi connectivity index (χ2v) is 7.81. The molecule has 0 radical (unpaired) electrons. The first-order chi connectivity index (χ1) is 14.0. The maximum atomic E-state index is 13.0. The van der Waals surface area contributed by atoms with Crippen molar-refractivity contribution in [2.45, 2.75) is 31.3 Å². The van der Waals surface area contributed by atoms with E-state index in [1.807, 2.05) is 18.2 Å². The predicted octanol–water partition coefficient (Wildman–Crippen LogP) is 0.874. The molecule has 1 fully saturated rings. The molecule has 0 spiro atoms. The number of hydrogen-bond acceptors (Lipinski definition) is 6. The Balaban J connectivity index is 1.51. The van der Waals surface area contributed by atoms with E-state index in [2.05, 4.69) is 10.6 Å². The van der Waals surface area contributed by atoms with Crippen LogP contribution in [-0.4, -0.2) is 42.8 Å². The van der Waals surface area contributed by atoms with Crippen LogP contribution in [0.5, 0.6) is 5.75 Å². The van der Waals surface area contributed by atoms with Gasteiger partial charge in [0.1, 0.15) is 22.7 Å². The van der Waals surface area contributed by atoms with E-state index < -0.39 is 11.3 Å². The summed E-state index contributed by atoms with van der Waals surface area (Å²) in [5.74, 6) is 0.905. The Morgan fingerprint density at radius 2 is 2.07 bits per heavy atom. The molecule has 4 heterocycles. The lowest BCUT2D eigenvalue weighted by Crippen LogP contribution is -2.46. The normalized spacial score (nSPS) is 23.2. The van der Waals surface area contributed by atoms with E-state index in [9.17, 15) is 14.4 Å². The van der Waals surface area contributed by atoms with E-state index >= 15 is 0 Å². The number of amides is 3. The number of nitrogens with zero attached hydrogens (tertiary/aromatic N) is 1.